The molecule has 1 saturated heterocycles. The number of nitrogens with zero attached hydrogens (tertiary/aromatic N) is 2. The van der Waals surface area contributed by atoms with Crippen molar-refractivity contribution >= 4 is 21.6 Å². The Kier molecular flexibility index (Phi) is 4.76. The van der Waals surface area contributed by atoms with Crippen molar-refractivity contribution in [3.05, 3.63) is 57.1 Å². The van der Waals surface area contributed by atoms with Gasteiger partial charge in [-0.15, -0.1) is 11.3 Å². The lowest BCUT2D eigenvalue weighted by molar-refractivity contribution is 0.172. The van der Waals surface area contributed by atoms with E-state index in [-0.39, 0.29) is 23.9 Å². The van der Waals surface area contributed by atoms with Gasteiger partial charge < -0.3 is 14.6 Å². The molecule has 3 aromatic rings. The van der Waals surface area contributed by atoms with Crippen molar-refractivity contribution < 1.29 is 14.6 Å². The van der Waals surface area contributed by atoms with Crippen LogP contribution in [0.15, 0.2) is 39.5 Å². The van der Waals surface area contributed by atoms with Gasteiger partial charge in [0.25, 0.3) is 0 Å². The molecule has 2 N–H and O–H groups in total. The number of aromatic hydroxyl groups is 1. The van der Waals surface area contributed by atoms with E-state index in [9.17, 15) is 15.0 Å². The number of hydrogen-bond acceptors (Lipinski definition) is 7. The van der Waals surface area contributed by atoms with Gasteiger partial charge in [0, 0.05) is 18.5 Å². The maximum atomic E-state index is 11.8. The second-order valence-corrected chi connectivity index (χ2v) is 7.66. The molecular weight excluding hydrogens is 352 g/mol. The number of piperidine rings is 1. The summed E-state index contributed by atoms with van der Waals surface area (Å²) in [7, 11) is 0. The highest BCUT2D eigenvalue weighted by Crippen LogP contribution is 2.33. The van der Waals surface area contributed by atoms with E-state index < -0.39 is 5.43 Å². The van der Waals surface area contributed by atoms with E-state index in [4.69, 9.17) is 9.40 Å². The summed E-state index contributed by atoms with van der Waals surface area (Å²) in [5.41, 5.74) is 0.513. The Balaban J connectivity index is 1.54. The van der Waals surface area contributed by atoms with Gasteiger partial charge in [-0.1, -0.05) is 12.1 Å². The summed E-state index contributed by atoms with van der Waals surface area (Å²) >= 11 is 1.73. The van der Waals surface area contributed by atoms with Crippen LogP contribution < -0.4 is 5.43 Å². The summed E-state index contributed by atoms with van der Waals surface area (Å²) in [5.74, 6) is 0.342. The number of hydrogen-bond donors (Lipinski definition) is 2. The molecule has 0 unspecified atom stereocenters. The highest BCUT2D eigenvalue weighted by molar-refractivity contribution is 7.18. The van der Waals surface area contributed by atoms with Crippen LogP contribution in [0.5, 0.6) is 5.75 Å². The molecule has 3 heterocycles. The van der Waals surface area contributed by atoms with Crippen molar-refractivity contribution in [3.8, 4) is 5.75 Å². The zero-order valence-corrected chi connectivity index (χ0v) is 15.0. The first-order valence-corrected chi connectivity index (χ1v) is 9.49. The average Bonchev–Trinajstić information content (AvgIpc) is 3.10. The molecule has 1 aliphatic rings. The molecular formula is C19H20N2O4S. The fourth-order valence-electron chi connectivity index (χ4n) is 3.44. The molecule has 7 heteroatoms. The van der Waals surface area contributed by atoms with E-state index in [1.807, 2.05) is 18.2 Å². The van der Waals surface area contributed by atoms with Crippen LogP contribution in [0.2, 0.25) is 0 Å². The summed E-state index contributed by atoms with van der Waals surface area (Å²) < 4.78 is 6.67. The first-order chi connectivity index (χ1) is 12.6. The van der Waals surface area contributed by atoms with Crippen molar-refractivity contribution in [2.75, 3.05) is 13.1 Å². The second-order valence-electron chi connectivity index (χ2n) is 6.60. The molecule has 1 fully saturated rings. The minimum Gasteiger partial charge on any atom is -0.502 e. The van der Waals surface area contributed by atoms with Crippen LogP contribution in [0.4, 0.5) is 0 Å². The van der Waals surface area contributed by atoms with E-state index in [0.29, 0.717) is 12.5 Å². The first-order valence-electron chi connectivity index (χ1n) is 8.67. The van der Waals surface area contributed by atoms with Gasteiger partial charge in [-0.2, -0.15) is 0 Å². The van der Waals surface area contributed by atoms with Gasteiger partial charge in [0.05, 0.1) is 21.8 Å². The standard InChI is InChI=1S/C19H20N2O4S/c22-11-13-8-15(23)18(24)16(25-13)10-21-7-3-4-12(9-21)19-20-14-5-1-2-6-17(14)26-19/h1-2,5-6,8,12,22,24H,3-4,7,9-11H2/t12-/m0/s1. The van der Waals surface area contributed by atoms with E-state index in [2.05, 4.69) is 11.0 Å². The number of benzene rings is 1. The SMILES string of the molecule is O=c1cc(CO)oc(CN2CCC[C@H](c3nc4ccccc4s3)C2)c1O. The molecule has 0 amide bonds. The average molecular weight is 372 g/mol. The van der Waals surface area contributed by atoms with Crippen molar-refractivity contribution in [1.82, 2.24) is 9.88 Å². The minimum absolute atomic E-state index is 0.169. The Hall–Kier alpha value is -2.22. The van der Waals surface area contributed by atoms with Crippen LogP contribution in [-0.4, -0.2) is 33.2 Å². The molecule has 136 valence electrons. The molecule has 2 aromatic heterocycles. The van der Waals surface area contributed by atoms with Gasteiger partial charge in [-0.25, -0.2) is 4.98 Å². The van der Waals surface area contributed by atoms with Gasteiger partial charge in [0.15, 0.2) is 5.76 Å². The van der Waals surface area contributed by atoms with Crippen molar-refractivity contribution in [3.63, 3.8) is 0 Å². The lowest BCUT2D eigenvalue weighted by Crippen LogP contribution is -2.34. The fourth-order valence-corrected chi connectivity index (χ4v) is 4.53. The zero-order chi connectivity index (χ0) is 18.1. The maximum Gasteiger partial charge on any atom is 0.227 e. The molecule has 0 radical (unpaired) electrons. The van der Waals surface area contributed by atoms with Crippen LogP contribution in [0.3, 0.4) is 0 Å². The topological polar surface area (TPSA) is 86.8 Å². The third kappa shape index (κ3) is 3.38. The zero-order valence-electron chi connectivity index (χ0n) is 14.2. The monoisotopic (exact) mass is 372 g/mol. The lowest BCUT2D eigenvalue weighted by atomic mass is 9.98. The number of aliphatic hydroxyl groups is 1. The maximum absolute atomic E-state index is 11.8. The third-order valence-corrected chi connectivity index (χ3v) is 5.93. The molecule has 1 aliphatic heterocycles. The number of thiazole rings is 1. The van der Waals surface area contributed by atoms with E-state index in [1.54, 1.807) is 11.3 Å². The number of aliphatic hydroxyl groups excluding tert-OH is 1. The van der Waals surface area contributed by atoms with Gasteiger partial charge in [-0.3, -0.25) is 9.69 Å². The Bertz CT molecular complexity index is 948. The van der Waals surface area contributed by atoms with Crippen LogP contribution >= 0.6 is 11.3 Å². The summed E-state index contributed by atoms with van der Waals surface area (Å²) in [6, 6.07) is 9.26. The molecule has 0 aliphatic carbocycles. The highest BCUT2D eigenvalue weighted by Gasteiger charge is 2.25. The number of fused-ring (bicyclic) bond motifs is 1. The van der Waals surface area contributed by atoms with Gasteiger partial charge >= 0.3 is 0 Å². The summed E-state index contributed by atoms with van der Waals surface area (Å²) in [6.45, 7) is 1.65. The Labute approximate surface area is 154 Å². The van der Waals surface area contributed by atoms with Crippen LogP contribution in [0.25, 0.3) is 10.2 Å². The van der Waals surface area contributed by atoms with Crippen LogP contribution in [0, 0.1) is 0 Å². The van der Waals surface area contributed by atoms with Crippen LogP contribution in [0.1, 0.15) is 35.3 Å². The van der Waals surface area contributed by atoms with E-state index in [1.165, 1.54) is 4.70 Å². The Morgan fingerprint density at radius 1 is 1.35 bits per heavy atom. The second kappa shape index (κ2) is 7.19. The molecule has 0 saturated carbocycles. The molecule has 1 aromatic carbocycles. The number of aromatic nitrogens is 1. The van der Waals surface area contributed by atoms with Gasteiger partial charge in [0.1, 0.15) is 12.4 Å². The normalized spacial score (nSPS) is 18.4. The lowest BCUT2D eigenvalue weighted by Gasteiger charge is -2.31. The fraction of sp³-hybridized carbons (Fsp3) is 0.368. The van der Waals surface area contributed by atoms with E-state index in [0.717, 1.165) is 42.5 Å². The predicted molar refractivity (Wildman–Crippen MR) is 99.4 cm³/mol. The number of likely N-dealkylation sites (tertiary alicyclic amines) is 1. The molecule has 1 atom stereocenters. The Morgan fingerprint density at radius 3 is 3.00 bits per heavy atom. The minimum atomic E-state index is -0.518. The smallest absolute Gasteiger partial charge is 0.227 e. The van der Waals surface area contributed by atoms with Gasteiger partial charge in [0.2, 0.25) is 11.2 Å². The number of para-hydroxylation sites is 1. The van der Waals surface area contributed by atoms with E-state index >= 15 is 0 Å². The molecule has 26 heavy (non-hydrogen) atoms. The number of rotatable bonds is 4. The predicted octanol–water partition coefficient (Wildman–Crippen LogP) is 2.83. The molecule has 4 rings (SSSR count). The van der Waals surface area contributed by atoms with Crippen molar-refractivity contribution in [2.45, 2.75) is 31.9 Å². The molecule has 0 spiro atoms. The summed E-state index contributed by atoms with van der Waals surface area (Å²) in [4.78, 5) is 18.7. The van der Waals surface area contributed by atoms with Crippen LogP contribution in [-0.2, 0) is 13.2 Å². The third-order valence-electron chi connectivity index (χ3n) is 4.73. The first kappa shape index (κ1) is 17.2. The van der Waals surface area contributed by atoms with Gasteiger partial charge in [-0.05, 0) is 31.5 Å². The van der Waals surface area contributed by atoms with Crippen molar-refractivity contribution in [1.29, 1.82) is 0 Å². The summed E-state index contributed by atoms with van der Waals surface area (Å²) in [5, 5.41) is 20.3. The summed E-state index contributed by atoms with van der Waals surface area (Å²) in [6.07, 6.45) is 2.09. The molecule has 6 nitrogen and oxygen atoms in total. The molecule has 0 bridgehead atoms. The highest BCUT2D eigenvalue weighted by atomic mass is 32.1. The van der Waals surface area contributed by atoms with Crippen molar-refractivity contribution in [2.24, 2.45) is 0 Å². The quantitative estimate of drug-likeness (QED) is 0.732. The largest absolute Gasteiger partial charge is 0.502 e. The Morgan fingerprint density at radius 2 is 2.19 bits per heavy atom.